The van der Waals surface area contributed by atoms with Crippen LogP contribution >= 0.6 is 12.2 Å². The summed E-state index contributed by atoms with van der Waals surface area (Å²) in [5.74, 6) is 0. The Morgan fingerprint density at radius 2 is 1.88 bits per heavy atom. The lowest BCUT2D eigenvalue weighted by molar-refractivity contribution is 0.341. The Balaban J connectivity index is 2.22. The van der Waals surface area contributed by atoms with Crippen LogP contribution in [0, 0.1) is 0 Å². The molecule has 0 saturated carbocycles. The second kappa shape index (κ2) is 7.25. The molecule has 0 bridgehead atoms. The van der Waals surface area contributed by atoms with Gasteiger partial charge in [-0.25, -0.2) is 4.72 Å². The van der Waals surface area contributed by atoms with E-state index >= 15 is 0 Å². The number of rotatable bonds is 7. The van der Waals surface area contributed by atoms with Gasteiger partial charge in [-0.1, -0.05) is 18.6 Å². The van der Waals surface area contributed by atoms with Gasteiger partial charge < -0.3 is 5.73 Å². The van der Waals surface area contributed by atoms with Gasteiger partial charge in [0.25, 0.3) is 10.2 Å². The molecule has 17 heavy (non-hydrogen) atoms. The molecule has 0 radical (unpaired) electrons. The standard InChI is InChI=1S/C10H21N3O2S2/c11-10(16)6-2-3-7-12-17(14,15)13-8-4-1-5-9-13/h12H,1-9H2,(H2,11,16). The Bertz CT molecular complexity index is 337. The molecule has 0 amide bonds. The zero-order valence-corrected chi connectivity index (χ0v) is 11.7. The van der Waals surface area contributed by atoms with Crippen LogP contribution in [0.2, 0.25) is 0 Å². The third-order valence-corrected chi connectivity index (χ3v) is 4.61. The van der Waals surface area contributed by atoms with E-state index in [4.69, 9.17) is 18.0 Å². The molecule has 1 aliphatic heterocycles. The van der Waals surface area contributed by atoms with E-state index in [1.165, 1.54) is 4.31 Å². The first-order valence-electron chi connectivity index (χ1n) is 6.05. The van der Waals surface area contributed by atoms with Crippen LogP contribution in [0.5, 0.6) is 0 Å². The van der Waals surface area contributed by atoms with E-state index in [1.807, 2.05) is 0 Å². The third kappa shape index (κ3) is 5.76. The number of thiocarbonyl (C=S) groups is 1. The van der Waals surface area contributed by atoms with Gasteiger partial charge in [-0.2, -0.15) is 12.7 Å². The number of hydrogen-bond acceptors (Lipinski definition) is 3. The zero-order chi connectivity index (χ0) is 12.7. The molecule has 0 unspecified atom stereocenters. The van der Waals surface area contributed by atoms with Gasteiger partial charge in [0.15, 0.2) is 0 Å². The van der Waals surface area contributed by atoms with Gasteiger partial charge in [0, 0.05) is 19.6 Å². The molecule has 0 aromatic carbocycles. The lowest BCUT2D eigenvalue weighted by Gasteiger charge is -2.25. The Morgan fingerprint density at radius 3 is 2.47 bits per heavy atom. The molecule has 1 saturated heterocycles. The first-order valence-corrected chi connectivity index (χ1v) is 7.90. The second-order valence-corrected chi connectivity index (χ2v) is 6.56. The summed E-state index contributed by atoms with van der Waals surface area (Å²) < 4.78 is 27.8. The first kappa shape index (κ1) is 14.8. The maximum absolute atomic E-state index is 11.8. The molecular weight excluding hydrogens is 258 g/mol. The number of unbranched alkanes of at least 4 members (excludes halogenated alkanes) is 1. The van der Waals surface area contributed by atoms with Crippen LogP contribution < -0.4 is 10.5 Å². The number of nitrogens with one attached hydrogen (secondary N) is 1. The van der Waals surface area contributed by atoms with Crippen molar-refractivity contribution in [1.29, 1.82) is 0 Å². The van der Waals surface area contributed by atoms with Crippen LogP contribution in [0.15, 0.2) is 0 Å². The molecular formula is C10H21N3O2S2. The molecule has 7 heteroatoms. The van der Waals surface area contributed by atoms with Crippen molar-refractivity contribution in [2.75, 3.05) is 19.6 Å². The fourth-order valence-electron chi connectivity index (χ4n) is 1.82. The molecule has 0 spiro atoms. The number of hydrogen-bond donors (Lipinski definition) is 2. The van der Waals surface area contributed by atoms with E-state index in [-0.39, 0.29) is 0 Å². The van der Waals surface area contributed by atoms with E-state index in [0.29, 0.717) is 31.0 Å². The Kier molecular flexibility index (Phi) is 6.32. The number of nitrogens with zero attached hydrogens (tertiary/aromatic N) is 1. The van der Waals surface area contributed by atoms with Crippen molar-refractivity contribution in [3.63, 3.8) is 0 Å². The lowest BCUT2D eigenvalue weighted by atomic mass is 10.2. The summed E-state index contributed by atoms with van der Waals surface area (Å²) in [5, 5.41) is 0. The topological polar surface area (TPSA) is 75.4 Å². The molecule has 1 fully saturated rings. The largest absolute Gasteiger partial charge is 0.393 e. The highest BCUT2D eigenvalue weighted by molar-refractivity contribution is 7.87. The molecule has 1 heterocycles. The van der Waals surface area contributed by atoms with Crippen LogP contribution in [0.25, 0.3) is 0 Å². The van der Waals surface area contributed by atoms with Crippen LogP contribution in [-0.4, -0.2) is 37.3 Å². The molecule has 3 N–H and O–H groups in total. The van der Waals surface area contributed by atoms with Gasteiger partial charge in [-0.05, 0) is 32.1 Å². The van der Waals surface area contributed by atoms with Crippen molar-refractivity contribution in [3.8, 4) is 0 Å². The van der Waals surface area contributed by atoms with Crippen molar-refractivity contribution in [2.24, 2.45) is 5.73 Å². The zero-order valence-electron chi connectivity index (χ0n) is 10.0. The lowest BCUT2D eigenvalue weighted by Crippen LogP contribution is -2.43. The van der Waals surface area contributed by atoms with E-state index in [0.717, 1.165) is 32.1 Å². The maximum Gasteiger partial charge on any atom is 0.279 e. The van der Waals surface area contributed by atoms with Gasteiger partial charge in [0.1, 0.15) is 0 Å². The van der Waals surface area contributed by atoms with Crippen molar-refractivity contribution < 1.29 is 8.42 Å². The summed E-state index contributed by atoms with van der Waals surface area (Å²) in [6.07, 6.45) is 5.33. The summed E-state index contributed by atoms with van der Waals surface area (Å²) in [4.78, 5) is 0.490. The highest BCUT2D eigenvalue weighted by Crippen LogP contribution is 2.11. The summed E-state index contributed by atoms with van der Waals surface area (Å²) in [5.41, 5.74) is 5.36. The van der Waals surface area contributed by atoms with Crippen molar-refractivity contribution in [1.82, 2.24) is 9.03 Å². The summed E-state index contributed by atoms with van der Waals surface area (Å²) >= 11 is 4.75. The molecule has 100 valence electrons. The van der Waals surface area contributed by atoms with Gasteiger partial charge in [0.2, 0.25) is 0 Å². The normalized spacial score (nSPS) is 18.1. The minimum atomic E-state index is -3.26. The molecule has 0 aromatic heterocycles. The Labute approximate surface area is 109 Å². The van der Waals surface area contributed by atoms with Crippen molar-refractivity contribution >= 4 is 27.4 Å². The van der Waals surface area contributed by atoms with E-state index in [1.54, 1.807) is 0 Å². The van der Waals surface area contributed by atoms with Crippen LogP contribution in [0.3, 0.4) is 0 Å². The minimum Gasteiger partial charge on any atom is -0.393 e. The van der Waals surface area contributed by atoms with Crippen LogP contribution in [0.4, 0.5) is 0 Å². The predicted octanol–water partition coefficient (Wildman–Crippen LogP) is 0.763. The Hall–Kier alpha value is -0.240. The van der Waals surface area contributed by atoms with E-state index < -0.39 is 10.2 Å². The summed E-state index contributed by atoms with van der Waals surface area (Å²) in [7, 11) is -3.26. The average Bonchev–Trinajstić information content (AvgIpc) is 2.29. The molecule has 1 aliphatic rings. The SMILES string of the molecule is NC(=S)CCCCNS(=O)(=O)N1CCCCC1. The maximum atomic E-state index is 11.8. The molecule has 5 nitrogen and oxygen atoms in total. The smallest absolute Gasteiger partial charge is 0.279 e. The van der Waals surface area contributed by atoms with Gasteiger partial charge in [-0.15, -0.1) is 0 Å². The highest BCUT2D eigenvalue weighted by atomic mass is 32.2. The van der Waals surface area contributed by atoms with Crippen LogP contribution in [0.1, 0.15) is 38.5 Å². The highest BCUT2D eigenvalue weighted by Gasteiger charge is 2.22. The van der Waals surface area contributed by atoms with Crippen LogP contribution in [-0.2, 0) is 10.2 Å². The van der Waals surface area contributed by atoms with Crippen molar-refractivity contribution in [3.05, 3.63) is 0 Å². The minimum absolute atomic E-state index is 0.460. The fraction of sp³-hybridized carbons (Fsp3) is 0.900. The number of nitrogens with two attached hydrogens (primary N) is 1. The summed E-state index contributed by atoms with van der Waals surface area (Å²) in [6, 6.07) is 0. The predicted molar refractivity (Wildman–Crippen MR) is 73.0 cm³/mol. The third-order valence-electron chi connectivity index (χ3n) is 2.79. The summed E-state index contributed by atoms with van der Waals surface area (Å²) in [6.45, 7) is 1.74. The van der Waals surface area contributed by atoms with Gasteiger partial charge in [0.05, 0.1) is 4.99 Å². The quantitative estimate of drug-likeness (QED) is 0.533. The van der Waals surface area contributed by atoms with E-state index in [9.17, 15) is 8.42 Å². The molecule has 1 rings (SSSR count). The van der Waals surface area contributed by atoms with E-state index in [2.05, 4.69) is 4.72 Å². The Morgan fingerprint density at radius 1 is 1.24 bits per heavy atom. The fourth-order valence-corrected chi connectivity index (χ4v) is 3.29. The van der Waals surface area contributed by atoms with Crippen molar-refractivity contribution in [2.45, 2.75) is 38.5 Å². The molecule has 0 atom stereocenters. The average molecular weight is 279 g/mol. The first-order chi connectivity index (χ1) is 8.02. The monoisotopic (exact) mass is 279 g/mol. The molecule has 0 aliphatic carbocycles. The second-order valence-electron chi connectivity index (χ2n) is 4.28. The number of piperidine rings is 1. The van der Waals surface area contributed by atoms with Gasteiger partial charge in [-0.3, -0.25) is 0 Å². The molecule has 0 aromatic rings. The van der Waals surface area contributed by atoms with Gasteiger partial charge >= 0.3 is 0 Å².